The maximum Gasteiger partial charge on any atom is 0.320 e. The molecule has 0 aliphatic rings. The summed E-state index contributed by atoms with van der Waals surface area (Å²) in [5.74, 6) is 0.240. The second kappa shape index (κ2) is 6.28. The second-order valence-electron chi connectivity index (χ2n) is 4.33. The van der Waals surface area contributed by atoms with E-state index in [-0.39, 0.29) is 17.8 Å². The Labute approximate surface area is 109 Å². The standard InChI is InChI=1S/C14H22N2O2/c1-5-16(6-2)14(18)15(4)11(3)12-7-9-13(17)10-8-12/h7-11,17H,5-6H2,1-4H3. The summed E-state index contributed by atoms with van der Waals surface area (Å²) in [5, 5.41) is 9.26. The summed E-state index contributed by atoms with van der Waals surface area (Å²) in [7, 11) is 1.80. The molecule has 0 heterocycles. The molecule has 1 aromatic carbocycles. The number of aromatic hydroxyl groups is 1. The lowest BCUT2D eigenvalue weighted by Crippen LogP contribution is -2.42. The molecule has 1 aromatic rings. The molecule has 0 saturated carbocycles. The van der Waals surface area contributed by atoms with Crippen molar-refractivity contribution in [2.75, 3.05) is 20.1 Å². The Morgan fingerprint density at radius 1 is 1.22 bits per heavy atom. The van der Waals surface area contributed by atoms with Crippen LogP contribution in [0.3, 0.4) is 0 Å². The minimum absolute atomic E-state index is 0.0151. The summed E-state index contributed by atoms with van der Waals surface area (Å²) in [6.07, 6.45) is 0. The van der Waals surface area contributed by atoms with Gasteiger partial charge in [0.05, 0.1) is 6.04 Å². The van der Waals surface area contributed by atoms with Gasteiger partial charge in [-0.05, 0) is 38.5 Å². The molecular weight excluding hydrogens is 228 g/mol. The van der Waals surface area contributed by atoms with Crippen LogP contribution in [0, 0.1) is 0 Å². The van der Waals surface area contributed by atoms with Crippen LogP contribution >= 0.6 is 0 Å². The van der Waals surface area contributed by atoms with Crippen molar-refractivity contribution in [3.63, 3.8) is 0 Å². The summed E-state index contributed by atoms with van der Waals surface area (Å²) in [5.41, 5.74) is 1.01. The maximum atomic E-state index is 12.2. The number of carbonyl (C=O) groups is 1. The Balaban J connectivity index is 2.80. The van der Waals surface area contributed by atoms with Crippen LogP contribution in [0.4, 0.5) is 4.79 Å². The Morgan fingerprint density at radius 2 is 1.72 bits per heavy atom. The monoisotopic (exact) mass is 250 g/mol. The predicted octanol–water partition coefficient (Wildman–Crippen LogP) is 2.85. The summed E-state index contributed by atoms with van der Waals surface area (Å²) in [4.78, 5) is 15.7. The lowest BCUT2D eigenvalue weighted by Gasteiger charge is -2.31. The van der Waals surface area contributed by atoms with Crippen LogP contribution in [0.2, 0.25) is 0 Å². The molecule has 18 heavy (non-hydrogen) atoms. The quantitative estimate of drug-likeness (QED) is 0.893. The van der Waals surface area contributed by atoms with Gasteiger partial charge in [-0.3, -0.25) is 0 Å². The van der Waals surface area contributed by atoms with E-state index in [2.05, 4.69) is 0 Å². The zero-order valence-corrected chi connectivity index (χ0v) is 11.6. The van der Waals surface area contributed by atoms with Gasteiger partial charge in [-0.1, -0.05) is 12.1 Å². The highest BCUT2D eigenvalue weighted by Crippen LogP contribution is 2.21. The molecule has 100 valence electrons. The lowest BCUT2D eigenvalue weighted by atomic mass is 10.1. The minimum atomic E-state index is -0.0151. The van der Waals surface area contributed by atoms with Crippen LogP contribution in [0.15, 0.2) is 24.3 Å². The Kier molecular flexibility index (Phi) is 5.01. The number of amides is 2. The molecule has 0 aliphatic heterocycles. The molecule has 1 rings (SSSR count). The predicted molar refractivity (Wildman–Crippen MR) is 72.6 cm³/mol. The molecule has 0 aliphatic carbocycles. The van der Waals surface area contributed by atoms with Crippen LogP contribution in [-0.2, 0) is 0 Å². The zero-order chi connectivity index (χ0) is 13.7. The van der Waals surface area contributed by atoms with Crippen molar-refractivity contribution >= 4 is 6.03 Å². The number of hydrogen-bond donors (Lipinski definition) is 1. The summed E-state index contributed by atoms with van der Waals surface area (Å²) >= 11 is 0. The lowest BCUT2D eigenvalue weighted by molar-refractivity contribution is 0.154. The fourth-order valence-electron chi connectivity index (χ4n) is 1.86. The third-order valence-corrected chi connectivity index (χ3v) is 3.29. The number of phenolic OH excluding ortho intramolecular Hbond substituents is 1. The molecule has 2 amide bonds. The van der Waals surface area contributed by atoms with Gasteiger partial charge in [0, 0.05) is 20.1 Å². The first kappa shape index (κ1) is 14.4. The third-order valence-electron chi connectivity index (χ3n) is 3.29. The van der Waals surface area contributed by atoms with E-state index in [0.29, 0.717) is 13.1 Å². The number of nitrogens with zero attached hydrogens (tertiary/aromatic N) is 2. The van der Waals surface area contributed by atoms with Gasteiger partial charge in [-0.25, -0.2) is 4.79 Å². The van der Waals surface area contributed by atoms with Crippen LogP contribution in [0.1, 0.15) is 32.4 Å². The fraction of sp³-hybridized carbons (Fsp3) is 0.500. The average Bonchev–Trinajstić information content (AvgIpc) is 2.39. The van der Waals surface area contributed by atoms with Gasteiger partial charge in [-0.2, -0.15) is 0 Å². The number of hydrogen-bond acceptors (Lipinski definition) is 2. The van der Waals surface area contributed by atoms with E-state index in [0.717, 1.165) is 5.56 Å². The van der Waals surface area contributed by atoms with Crippen LogP contribution in [0.25, 0.3) is 0 Å². The first-order valence-corrected chi connectivity index (χ1v) is 6.31. The van der Waals surface area contributed by atoms with Crippen molar-refractivity contribution in [1.29, 1.82) is 0 Å². The van der Waals surface area contributed by atoms with Crippen LogP contribution in [-0.4, -0.2) is 41.1 Å². The molecule has 0 fully saturated rings. The topological polar surface area (TPSA) is 43.8 Å². The van der Waals surface area contributed by atoms with Crippen molar-refractivity contribution in [2.45, 2.75) is 26.8 Å². The molecule has 1 N–H and O–H groups in total. The highest BCUT2D eigenvalue weighted by molar-refractivity contribution is 5.74. The molecule has 4 nitrogen and oxygen atoms in total. The van der Waals surface area contributed by atoms with E-state index in [9.17, 15) is 9.90 Å². The highest BCUT2D eigenvalue weighted by atomic mass is 16.3. The molecule has 0 bridgehead atoms. The molecule has 0 saturated heterocycles. The molecule has 1 atom stereocenters. The molecule has 1 unspecified atom stereocenters. The largest absolute Gasteiger partial charge is 0.508 e. The van der Waals surface area contributed by atoms with Crippen molar-refractivity contribution in [2.24, 2.45) is 0 Å². The number of carbonyl (C=O) groups excluding carboxylic acids is 1. The van der Waals surface area contributed by atoms with Crippen molar-refractivity contribution in [1.82, 2.24) is 9.80 Å². The third kappa shape index (κ3) is 3.15. The molecule has 4 heteroatoms. The zero-order valence-electron chi connectivity index (χ0n) is 11.6. The van der Waals surface area contributed by atoms with E-state index >= 15 is 0 Å². The van der Waals surface area contributed by atoms with Gasteiger partial charge in [0.1, 0.15) is 5.75 Å². The fourth-order valence-corrected chi connectivity index (χ4v) is 1.86. The van der Waals surface area contributed by atoms with Crippen LogP contribution < -0.4 is 0 Å². The highest BCUT2D eigenvalue weighted by Gasteiger charge is 2.20. The number of phenols is 1. The smallest absolute Gasteiger partial charge is 0.320 e. The van der Waals surface area contributed by atoms with Crippen molar-refractivity contribution in [3.05, 3.63) is 29.8 Å². The number of benzene rings is 1. The van der Waals surface area contributed by atoms with Gasteiger partial charge in [0.2, 0.25) is 0 Å². The van der Waals surface area contributed by atoms with E-state index in [4.69, 9.17) is 0 Å². The average molecular weight is 250 g/mol. The number of urea groups is 1. The van der Waals surface area contributed by atoms with Gasteiger partial charge in [-0.15, -0.1) is 0 Å². The Bertz CT molecular complexity index is 385. The SMILES string of the molecule is CCN(CC)C(=O)N(C)C(C)c1ccc(O)cc1. The van der Waals surface area contributed by atoms with E-state index in [1.807, 2.05) is 32.9 Å². The van der Waals surface area contributed by atoms with E-state index < -0.39 is 0 Å². The van der Waals surface area contributed by atoms with Gasteiger partial charge < -0.3 is 14.9 Å². The second-order valence-corrected chi connectivity index (χ2v) is 4.33. The summed E-state index contributed by atoms with van der Waals surface area (Å²) in [6, 6.07) is 6.97. The first-order valence-electron chi connectivity index (χ1n) is 6.31. The van der Waals surface area contributed by atoms with Gasteiger partial charge in [0.15, 0.2) is 0 Å². The molecule has 0 radical (unpaired) electrons. The molecule has 0 spiro atoms. The Morgan fingerprint density at radius 3 is 2.17 bits per heavy atom. The summed E-state index contributed by atoms with van der Waals surface area (Å²) < 4.78 is 0. The van der Waals surface area contributed by atoms with Crippen molar-refractivity contribution in [3.8, 4) is 5.75 Å². The first-order chi connectivity index (χ1) is 8.51. The maximum absolute atomic E-state index is 12.2. The molecular formula is C14H22N2O2. The van der Waals surface area contributed by atoms with E-state index in [1.54, 1.807) is 29.0 Å². The van der Waals surface area contributed by atoms with Crippen LogP contribution in [0.5, 0.6) is 5.75 Å². The normalized spacial score (nSPS) is 12.0. The number of rotatable bonds is 4. The van der Waals surface area contributed by atoms with Gasteiger partial charge >= 0.3 is 6.03 Å². The Hall–Kier alpha value is -1.71. The van der Waals surface area contributed by atoms with Crippen molar-refractivity contribution < 1.29 is 9.90 Å². The molecule has 0 aromatic heterocycles. The van der Waals surface area contributed by atoms with Gasteiger partial charge in [0.25, 0.3) is 0 Å². The summed E-state index contributed by atoms with van der Waals surface area (Å²) in [6.45, 7) is 7.35. The van der Waals surface area contributed by atoms with E-state index in [1.165, 1.54) is 0 Å². The minimum Gasteiger partial charge on any atom is -0.508 e.